The second kappa shape index (κ2) is 7.24. The third-order valence-electron chi connectivity index (χ3n) is 4.33. The molecule has 136 valence electrons. The van der Waals surface area contributed by atoms with Crippen LogP contribution in [0.5, 0.6) is 0 Å². The second-order valence-electron chi connectivity index (χ2n) is 6.32. The standard InChI is InChI=1S/C17H19N5O2S2/c1-22-7-6-12(21-22)18-14(23)9-25-8-13-19-16(24)15-10-4-2-3-5-11(10)26-17(15)20-13/h6-7H,2-5,8-9H2,1H3,(H,18,21,23)(H,19,20,24). The van der Waals surface area contributed by atoms with E-state index >= 15 is 0 Å². The lowest BCUT2D eigenvalue weighted by atomic mass is 9.97. The summed E-state index contributed by atoms with van der Waals surface area (Å²) in [4.78, 5) is 34.1. The van der Waals surface area contributed by atoms with E-state index in [-0.39, 0.29) is 17.2 Å². The number of aryl methyl sites for hydroxylation is 3. The van der Waals surface area contributed by atoms with Crippen LogP contribution in [0, 0.1) is 0 Å². The van der Waals surface area contributed by atoms with Crippen molar-refractivity contribution >= 4 is 45.0 Å². The molecule has 9 heteroatoms. The van der Waals surface area contributed by atoms with Gasteiger partial charge in [0.05, 0.1) is 16.9 Å². The summed E-state index contributed by atoms with van der Waals surface area (Å²) in [5.41, 5.74) is 1.14. The number of anilines is 1. The van der Waals surface area contributed by atoms with Crippen molar-refractivity contribution in [2.75, 3.05) is 11.1 Å². The molecule has 0 fully saturated rings. The Balaban J connectivity index is 1.41. The number of aromatic nitrogens is 4. The molecule has 3 aromatic heterocycles. The molecule has 0 aromatic carbocycles. The van der Waals surface area contributed by atoms with Gasteiger partial charge in [0, 0.05) is 24.2 Å². The molecule has 1 amide bonds. The van der Waals surface area contributed by atoms with E-state index in [0.29, 0.717) is 17.4 Å². The van der Waals surface area contributed by atoms with Crippen molar-refractivity contribution in [2.45, 2.75) is 31.4 Å². The molecule has 7 nitrogen and oxygen atoms in total. The summed E-state index contributed by atoms with van der Waals surface area (Å²) in [5, 5.41) is 7.62. The zero-order valence-corrected chi connectivity index (χ0v) is 16.0. The van der Waals surface area contributed by atoms with Crippen molar-refractivity contribution in [3.63, 3.8) is 0 Å². The summed E-state index contributed by atoms with van der Waals surface area (Å²) < 4.78 is 1.63. The molecule has 2 N–H and O–H groups in total. The van der Waals surface area contributed by atoms with Crippen molar-refractivity contribution < 1.29 is 4.79 Å². The fourth-order valence-corrected chi connectivity index (χ4v) is 5.15. The first-order valence-corrected chi connectivity index (χ1v) is 10.5. The van der Waals surface area contributed by atoms with Gasteiger partial charge in [-0.05, 0) is 31.2 Å². The molecule has 0 aliphatic heterocycles. The minimum Gasteiger partial charge on any atom is -0.309 e. The molecular formula is C17H19N5O2S2. The molecule has 0 atom stereocenters. The SMILES string of the molecule is Cn1ccc(NC(=O)CSCc2nc3sc4c(c3c(=O)[nH]2)CCCC4)n1. The van der Waals surface area contributed by atoms with Crippen LogP contribution >= 0.6 is 23.1 Å². The van der Waals surface area contributed by atoms with Crippen LogP contribution in [-0.4, -0.2) is 31.4 Å². The summed E-state index contributed by atoms with van der Waals surface area (Å²) in [6, 6.07) is 1.74. The largest absolute Gasteiger partial charge is 0.309 e. The maximum Gasteiger partial charge on any atom is 0.259 e. The first-order chi connectivity index (χ1) is 12.6. The van der Waals surface area contributed by atoms with E-state index in [9.17, 15) is 9.59 Å². The number of aromatic amines is 1. The van der Waals surface area contributed by atoms with Crippen LogP contribution in [0.25, 0.3) is 10.2 Å². The van der Waals surface area contributed by atoms with Gasteiger partial charge in [-0.15, -0.1) is 23.1 Å². The Bertz CT molecular complexity index is 1020. The van der Waals surface area contributed by atoms with Gasteiger partial charge >= 0.3 is 0 Å². The molecule has 0 saturated heterocycles. The number of thioether (sulfide) groups is 1. The fraction of sp³-hybridized carbons (Fsp3) is 0.412. The molecule has 3 aromatic rings. The molecule has 4 rings (SSSR count). The Morgan fingerprint density at radius 2 is 2.27 bits per heavy atom. The molecule has 26 heavy (non-hydrogen) atoms. The van der Waals surface area contributed by atoms with Crippen LogP contribution in [0.4, 0.5) is 5.82 Å². The number of hydrogen-bond donors (Lipinski definition) is 2. The van der Waals surface area contributed by atoms with Gasteiger partial charge in [-0.25, -0.2) is 4.98 Å². The number of amides is 1. The smallest absolute Gasteiger partial charge is 0.259 e. The number of fused-ring (bicyclic) bond motifs is 3. The van der Waals surface area contributed by atoms with E-state index in [1.807, 2.05) is 0 Å². The molecular weight excluding hydrogens is 370 g/mol. The number of nitrogens with one attached hydrogen (secondary N) is 2. The van der Waals surface area contributed by atoms with Gasteiger partial charge in [-0.1, -0.05) is 0 Å². The van der Waals surface area contributed by atoms with E-state index in [2.05, 4.69) is 20.4 Å². The highest BCUT2D eigenvalue weighted by Gasteiger charge is 2.19. The molecule has 0 spiro atoms. The van der Waals surface area contributed by atoms with E-state index < -0.39 is 0 Å². The van der Waals surface area contributed by atoms with Crippen LogP contribution < -0.4 is 10.9 Å². The Morgan fingerprint density at radius 3 is 3.08 bits per heavy atom. The highest BCUT2D eigenvalue weighted by atomic mass is 32.2. The minimum absolute atomic E-state index is 0.0528. The summed E-state index contributed by atoms with van der Waals surface area (Å²) in [6.45, 7) is 0. The number of hydrogen-bond acceptors (Lipinski definition) is 6. The van der Waals surface area contributed by atoms with Crippen molar-refractivity contribution in [3.05, 3.63) is 38.9 Å². The van der Waals surface area contributed by atoms with Gasteiger partial charge in [0.1, 0.15) is 10.7 Å². The van der Waals surface area contributed by atoms with E-state index in [4.69, 9.17) is 0 Å². The number of rotatable bonds is 5. The Morgan fingerprint density at radius 1 is 1.42 bits per heavy atom. The lowest BCUT2D eigenvalue weighted by molar-refractivity contribution is -0.113. The fourth-order valence-electron chi connectivity index (χ4n) is 3.18. The van der Waals surface area contributed by atoms with Crippen LogP contribution in [0.3, 0.4) is 0 Å². The molecule has 1 aliphatic carbocycles. The van der Waals surface area contributed by atoms with Crippen molar-refractivity contribution in [3.8, 4) is 0 Å². The lowest BCUT2D eigenvalue weighted by Gasteiger charge is -2.09. The topological polar surface area (TPSA) is 92.7 Å². The van der Waals surface area contributed by atoms with Crippen molar-refractivity contribution in [2.24, 2.45) is 7.05 Å². The predicted molar refractivity (Wildman–Crippen MR) is 105 cm³/mol. The zero-order valence-electron chi connectivity index (χ0n) is 14.4. The van der Waals surface area contributed by atoms with Crippen LogP contribution in [-0.2, 0) is 30.4 Å². The average molecular weight is 390 g/mol. The maximum atomic E-state index is 12.5. The quantitative estimate of drug-likeness (QED) is 0.699. The first-order valence-electron chi connectivity index (χ1n) is 8.51. The second-order valence-corrected chi connectivity index (χ2v) is 8.39. The molecule has 0 radical (unpaired) electrons. The number of carbonyl (C=O) groups excluding carboxylic acids is 1. The Labute approximate surface area is 158 Å². The minimum atomic E-state index is -0.122. The van der Waals surface area contributed by atoms with E-state index in [1.54, 1.807) is 35.3 Å². The Kier molecular flexibility index (Phi) is 4.82. The normalized spacial score (nSPS) is 13.7. The highest BCUT2D eigenvalue weighted by Crippen LogP contribution is 2.33. The van der Waals surface area contributed by atoms with Gasteiger partial charge in [0.25, 0.3) is 5.56 Å². The third-order valence-corrected chi connectivity index (χ3v) is 6.46. The van der Waals surface area contributed by atoms with Crippen LogP contribution in [0.2, 0.25) is 0 Å². The summed E-state index contributed by atoms with van der Waals surface area (Å²) in [7, 11) is 1.80. The number of carbonyl (C=O) groups is 1. The van der Waals surface area contributed by atoms with E-state index in [0.717, 1.165) is 29.5 Å². The van der Waals surface area contributed by atoms with Gasteiger partial charge in [0.2, 0.25) is 5.91 Å². The van der Waals surface area contributed by atoms with Crippen molar-refractivity contribution in [1.29, 1.82) is 0 Å². The van der Waals surface area contributed by atoms with E-state index in [1.165, 1.54) is 28.6 Å². The van der Waals surface area contributed by atoms with Crippen LogP contribution in [0.15, 0.2) is 17.1 Å². The first kappa shape index (κ1) is 17.3. The molecule has 3 heterocycles. The summed E-state index contributed by atoms with van der Waals surface area (Å²) in [6.07, 6.45) is 6.12. The Hall–Kier alpha value is -2.13. The molecule has 0 unspecified atom stereocenters. The zero-order chi connectivity index (χ0) is 18.1. The summed E-state index contributed by atoms with van der Waals surface area (Å²) >= 11 is 3.06. The van der Waals surface area contributed by atoms with Gasteiger partial charge < -0.3 is 10.3 Å². The molecule has 1 aliphatic rings. The third kappa shape index (κ3) is 3.54. The summed E-state index contributed by atoms with van der Waals surface area (Å²) in [5.74, 6) is 1.80. The van der Waals surface area contributed by atoms with Gasteiger partial charge in [0.15, 0.2) is 5.82 Å². The monoisotopic (exact) mass is 389 g/mol. The highest BCUT2D eigenvalue weighted by molar-refractivity contribution is 7.99. The lowest BCUT2D eigenvalue weighted by Crippen LogP contribution is -2.16. The maximum absolute atomic E-state index is 12.5. The average Bonchev–Trinajstić information content (AvgIpc) is 3.17. The molecule has 0 saturated carbocycles. The number of nitrogens with zero attached hydrogens (tertiary/aromatic N) is 3. The van der Waals surface area contributed by atoms with Gasteiger partial charge in [-0.2, -0.15) is 5.10 Å². The molecule has 0 bridgehead atoms. The van der Waals surface area contributed by atoms with Crippen molar-refractivity contribution in [1.82, 2.24) is 19.7 Å². The number of thiophene rings is 1. The van der Waals surface area contributed by atoms with Crippen LogP contribution in [0.1, 0.15) is 29.1 Å². The number of H-pyrrole nitrogens is 1. The predicted octanol–water partition coefficient (Wildman–Crippen LogP) is 2.47. The van der Waals surface area contributed by atoms with Gasteiger partial charge in [-0.3, -0.25) is 14.3 Å².